The molecule has 0 aliphatic rings. The zero-order chi connectivity index (χ0) is 15.2. The number of urea groups is 1. The second-order valence-corrected chi connectivity index (χ2v) is 4.74. The van der Waals surface area contributed by atoms with Gasteiger partial charge in [-0.05, 0) is 12.1 Å². The summed E-state index contributed by atoms with van der Waals surface area (Å²) >= 11 is 0. The first kappa shape index (κ1) is 14.6. The standard InChI is InChI=1S/C15H17N5O/c1-20(2)15(21)18-8-7-17-14-9-11(10-16)12-5-3-4-6-13(12)19-14/h3-6,9H,7-8H2,1-2H3,(H,17,19)(H,18,21). The molecule has 0 fully saturated rings. The van der Waals surface area contributed by atoms with E-state index in [1.165, 1.54) is 4.90 Å². The molecule has 1 aromatic carbocycles. The van der Waals surface area contributed by atoms with Crippen LogP contribution < -0.4 is 10.6 Å². The van der Waals surface area contributed by atoms with Gasteiger partial charge in [0.25, 0.3) is 0 Å². The summed E-state index contributed by atoms with van der Waals surface area (Å²) < 4.78 is 0. The SMILES string of the molecule is CN(C)C(=O)NCCNc1cc(C#N)c2ccccc2n1. The second-order valence-electron chi connectivity index (χ2n) is 4.74. The predicted molar refractivity (Wildman–Crippen MR) is 82.0 cm³/mol. The lowest BCUT2D eigenvalue weighted by Gasteiger charge is -2.12. The van der Waals surface area contributed by atoms with Gasteiger partial charge >= 0.3 is 6.03 Å². The third-order valence-electron chi connectivity index (χ3n) is 2.95. The molecular formula is C15H17N5O. The van der Waals surface area contributed by atoms with E-state index in [0.717, 1.165) is 10.9 Å². The summed E-state index contributed by atoms with van der Waals surface area (Å²) in [5.74, 6) is 0.629. The van der Waals surface area contributed by atoms with Crippen molar-refractivity contribution in [2.75, 3.05) is 32.5 Å². The summed E-state index contributed by atoms with van der Waals surface area (Å²) in [6.45, 7) is 1.02. The number of fused-ring (bicyclic) bond motifs is 1. The highest BCUT2D eigenvalue weighted by Gasteiger charge is 2.05. The Morgan fingerprint density at radius 3 is 2.81 bits per heavy atom. The topological polar surface area (TPSA) is 81.0 Å². The molecule has 0 aliphatic carbocycles. The number of nitrogens with zero attached hydrogens (tertiary/aromatic N) is 3. The summed E-state index contributed by atoms with van der Waals surface area (Å²) in [6, 6.07) is 11.3. The Balaban J connectivity index is 2.03. The summed E-state index contributed by atoms with van der Waals surface area (Å²) in [7, 11) is 3.37. The predicted octanol–water partition coefficient (Wildman–Crippen LogP) is 1.79. The zero-order valence-corrected chi connectivity index (χ0v) is 12.1. The molecule has 108 valence electrons. The first-order chi connectivity index (χ1) is 10.1. The van der Waals surface area contributed by atoms with Crippen LogP contribution in [0.1, 0.15) is 5.56 Å². The third-order valence-corrected chi connectivity index (χ3v) is 2.95. The van der Waals surface area contributed by atoms with Gasteiger partial charge in [-0.25, -0.2) is 9.78 Å². The Labute approximate surface area is 123 Å². The fraction of sp³-hybridized carbons (Fsp3) is 0.267. The summed E-state index contributed by atoms with van der Waals surface area (Å²) in [6.07, 6.45) is 0. The van der Waals surface area contributed by atoms with Crippen LogP contribution in [0, 0.1) is 11.3 Å². The number of amides is 2. The van der Waals surface area contributed by atoms with Crippen LogP contribution in [0.25, 0.3) is 10.9 Å². The summed E-state index contributed by atoms with van der Waals surface area (Å²) in [5.41, 5.74) is 1.36. The van der Waals surface area contributed by atoms with Gasteiger partial charge in [0.05, 0.1) is 17.1 Å². The first-order valence-electron chi connectivity index (χ1n) is 6.60. The minimum atomic E-state index is -0.138. The Hall–Kier alpha value is -2.81. The second kappa shape index (κ2) is 6.57. The molecule has 0 bridgehead atoms. The maximum absolute atomic E-state index is 11.4. The number of hydrogen-bond donors (Lipinski definition) is 2. The molecule has 2 aromatic rings. The molecule has 2 rings (SSSR count). The Morgan fingerprint density at radius 2 is 2.10 bits per heavy atom. The van der Waals surface area contributed by atoms with Gasteiger partial charge in [-0.1, -0.05) is 18.2 Å². The molecule has 2 N–H and O–H groups in total. The maximum atomic E-state index is 11.4. The van der Waals surface area contributed by atoms with Crippen LogP contribution in [0.3, 0.4) is 0 Å². The molecule has 1 aromatic heterocycles. The number of nitrogens with one attached hydrogen (secondary N) is 2. The van der Waals surface area contributed by atoms with Gasteiger partial charge in [-0.3, -0.25) is 0 Å². The van der Waals surface area contributed by atoms with Crippen molar-refractivity contribution in [2.45, 2.75) is 0 Å². The van der Waals surface area contributed by atoms with Crippen LogP contribution in [0.4, 0.5) is 10.6 Å². The lowest BCUT2D eigenvalue weighted by Crippen LogP contribution is -2.37. The summed E-state index contributed by atoms with van der Waals surface area (Å²) in [4.78, 5) is 17.3. The molecule has 1 heterocycles. The largest absolute Gasteiger partial charge is 0.368 e. The van der Waals surface area contributed by atoms with E-state index in [2.05, 4.69) is 21.7 Å². The molecule has 6 nitrogen and oxygen atoms in total. The highest BCUT2D eigenvalue weighted by Crippen LogP contribution is 2.19. The molecule has 0 spiro atoms. The summed E-state index contributed by atoms with van der Waals surface area (Å²) in [5, 5.41) is 15.9. The van der Waals surface area contributed by atoms with Crippen LogP contribution in [0.15, 0.2) is 30.3 Å². The van der Waals surface area contributed by atoms with Crippen molar-refractivity contribution < 1.29 is 4.79 Å². The minimum Gasteiger partial charge on any atom is -0.368 e. The van der Waals surface area contributed by atoms with E-state index in [0.29, 0.717) is 24.5 Å². The molecular weight excluding hydrogens is 266 g/mol. The number of para-hydroxylation sites is 1. The number of aromatic nitrogens is 1. The van der Waals surface area contributed by atoms with Crippen molar-refractivity contribution >= 4 is 22.8 Å². The maximum Gasteiger partial charge on any atom is 0.316 e. The minimum absolute atomic E-state index is 0.138. The fourth-order valence-electron chi connectivity index (χ4n) is 1.88. The number of carbonyl (C=O) groups is 1. The van der Waals surface area contributed by atoms with E-state index in [1.807, 2.05) is 24.3 Å². The van der Waals surface area contributed by atoms with Crippen LogP contribution in [0.5, 0.6) is 0 Å². The Morgan fingerprint density at radius 1 is 1.33 bits per heavy atom. The van der Waals surface area contributed by atoms with Gasteiger partial charge in [0.1, 0.15) is 5.82 Å². The lowest BCUT2D eigenvalue weighted by atomic mass is 10.1. The van der Waals surface area contributed by atoms with Crippen LogP contribution in [0.2, 0.25) is 0 Å². The highest BCUT2D eigenvalue weighted by atomic mass is 16.2. The average Bonchev–Trinajstić information content (AvgIpc) is 2.50. The molecule has 21 heavy (non-hydrogen) atoms. The number of pyridine rings is 1. The van der Waals surface area contributed by atoms with Gasteiger partial charge < -0.3 is 15.5 Å². The smallest absolute Gasteiger partial charge is 0.316 e. The number of hydrogen-bond acceptors (Lipinski definition) is 4. The number of anilines is 1. The lowest BCUT2D eigenvalue weighted by molar-refractivity contribution is 0.218. The van der Waals surface area contributed by atoms with Crippen molar-refractivity contribution in [3.05, 3.63) is 35.9 Å². The molecule has 2 amide bonds. The van der Waals surface area contributed by atoms with E-state index >= 15 is 0 Å². The van der Waals surface area contributed by atoms with Crippen molar-refractivity contribution in [3.63, 3.8) is 0 Å². The number of carbonyl (C=O) groups excluding carboxylic acids is 1. The molecule has 0 saturated heterocycles. The van der Waals surface area contributed by atoms with Gasteiger partial charge in [-0.15, -0.1) is 0 Å². The molecule has 0 atom stereocenters. The quantitative estimate of drug-likeness (QED) is 0.838. The van der Waals surface area contributed by atoms with Gasteiger partial charge in [-0.2, -0.15) is 5.26 Å². The highest BCUT2D eigenvalue weighted by molar-refractivity contribution is 5.86. The zero-order valence-electron chi connectivity index (χ0n) is 12.1. The number of nitriles is 1. The average molecular weight is 283 g/mol. The van der Waals surface area contributed by atoms with Gasteiger partial charge in [0.15, 0.2) is 0 Å². The van der Waals surface area contributed by atoms with E-state index in [4.69, 9.17) is 0 Å². The van der Waals surface area contributed by atoms with Gasteiger partial charge in [0, 0.05) is 32.6 Å². The van der Waals surface area contributed by atoms with Crippen molar-refractivity contribution in [2.24, 2.45) is 0 Å². The Bertz CT molecular complexity index is 690. The van der Waals surface area contributed by atoms with E-state index < -0.39 is 0 Å². The molecule has 0 saturated carbocycles. The fourth-order valence-corrected chi connectivity index (χ4v) is 1.88. The number of benzene rings is 1. The van der Waals surface area contributed by atoms with Crippen molar-refractivity contribution in [1.29, 1.82) is 5.26 Å². The molecule has 0 radical (unpaired) electrons. The van der Waals surface area contributed by atoms with Crippen molar-refractivity contribution in [1.82, 2.24) is 15.2 Å². The monoisotopic (exact) mass is 283 g/mol. The van der Waals surface area contributed by atoms with Crippen molar-refractivity contribution in [3.8, 4) is 6.07 Å². The van der Waals surface area contributed by atoms with E-state index in [9.17, 15) is 10.1 Å². The van der Waals surface area contributed by atoms with Crippen LogP contribution in [-0.2, 0) is 0 Å². The Kier molecular flexibility index (Phi) is 4.57. The van der Waals surface area contributed by atoms with Crippen LogP contribution in [-0.4, -0.2) is 43.1 Å². The van der Waals surface area contributed by atoms with Gasteiger partial charge in [0.2, 0.25) is 0 Å². The number of rotatable bonds is 4. The normalized spacial score (nSPS) is 9.95. The third kappa shape index (κ3) is 3.60. The van der Waals surface area contributed by atoms with E-state index in [1.54, 1.807) is 20.2 Å². The first-order valence-corrected chi connectivity index (χ1v) is 6.60. The molecule has 0 aliphatic heterocycles. The molecule has 6 heteroatoms. The van der Waals surface area contributed by atoms with Crippen LogP contribution >= 0.6 is 0 Å². The molecule has 0 unspecified atom stereocenters. The van der Waals surface area contributed by atoms with E-state index in [-0.39, 0.29) is 6.03 Å².